The van der Waals surface area contributed by atoms with Gasteiger partial charge < -0.3 is 0 Å². The lowest BCUT2D eigenvalue weighted by molar-refractivity contribution is 0.145. The van der Waals surface area contributed by atoms with Crippen molar-refractivity contribution < 1.29 is 0 Å². The van der Waals surface area contributed by atoms with Crippen LogP contribution in [0.2, 0.25) is 0 Å². The third kappa shape index (κ3) is 2.84. The van der Waals surface area contributed by atoms with Gasteiger partial charge in [0.1, 0.15) is 0 Å². The van der Waals surface area contributed by atoms with E-state index in [1.54, 1.807) is 0 Å². The van der Waals surface area contributed by atoms with Gasteiger partial charge in [0.2, 0.25) is 0 Å². The summed E-state index contributed by atoms with van der Waals surface area (Å²) in [7, 11) is 0. The van der Waals surface area contributed by atoms with Gasteiger partial charge in [0, 0.05) is 0 Å². The molecule has 0 nitrogen and oxygen atoms in total. The maximum atomic E-state index is 3.65. The highest BCUT2D eigenvalue weighted by atomic mass is 14.4. The Labute approximate surface area is 77.4 Å². The predicted octanol–water partition coefficient (Wildman–Crippen LogP) is 4.05. The van der Waals surface area contributed by atoms with Crippen LogP contribution in [0.4, 0.5) is 0 Å². The highest BCUT2D eigenvalue weighted by Gasteiger charge is 2.31. The first kappa shape index (κ1) is 11.5. The molecule has 12 heavy (non-hydrogen) atoms. The fourth-order valence-electron chi connectivity index (χ4n) is 1.56. The molecule has 0 aromatic heterocycles. The number of hydrogen-bond acceptors (Lipinski definition) is 0. The first-order valence-corrected chi connectivity index (χ1v) is 5.05. The van der Waals surface area contributed by atoms with E-state index in [0.717, 1.165) is 17.8 Å². The van der Waals surface area contributed by atoms with Crippen LogP contribution in [0.1, 0.15) is 34.1 Å². The Hall–Kier alpha value is -0.520. The van der Waals surface area contributed by atoms with E-state index in [2.05, 4.69) is 32.6 Å². The molecule has 1 aliphatic carbocycles. The average Bonchev–Trinajstić information content (AvgIpc) is 2.14. The summed E-state index contributed by atoms with van der Waals surface area (Å²) in [6.07, 6.45) is 7.56. The van der Waals surface area contributed by atoms with Crippen LogP contribution in [0, 0.1) is 17.8 Å². The largest absolute Gasteiger partial charge is 0.0991 e. The van der Waals surface area contributed by atoms with Crippen LogP contribution in [0.3, 0.4) is 0 Å². The lowest BCUT2D eigenvalue weighted by Crippen LogP contribution is -2.30. The normalized spacial score (nSPS) is 33.5. The molecule has 1 aliphatic rings. The summed E-state index contributed by atoms with van der Waals surface area (Å²) in [6.45, 7) is 12.3. The Morgan fingerprint density at radius 1 is 1.25 bits per heavy atom. The summed E-state index contributed by atoms with van der Waals surface area (Å²) in [5.74, 6) is 2.64. The first-order chi connectivity index (χ1) is 5.75. The van der Waals surface area contributed by atoms with Crippen molar-refractivity contribution in [3.8, 4) is 0 Å². The molecule has 0 aromatic rings. The van der Waals surface area contributed by atoms with E-state index in [1.807, 2.05) is 19.9 Å². The van der Waals surface area contributed by atoms with Gasteiger partial charge >= 0.3 is 0 Å². The third-order valence-electron chi connectivity index (χ3n) is 2.71. The molecule has 1 unspecified atom stereocenters. The molecule has 0 heteroatoms. The Kier molecular flexibility index (Phi) is 5.79. The standard InChI is InChI=1S/C10H16.C2H6/c1-4-5-6-10-7-8(2)9(10)3;1-2/h4-6,8-10H,1,7H2,2-3H3;1-2H3/b6-5-;/t8-,9+,10?;/m1./s1. The van der Waals surface area contributed by atoms with Crippen molar-refractivity contribution in [2.45, 2.75) is 34.1 Å². The molecule has 0 N–H and O–H groups in total. The van der Waals surface area contributed by atoms with Crippen molar-refractivity contribution in [1.29, 1.82) is 0 Å². The van der Waals surface area contributed by atoms with Gasteiger partial charge in [0.25, 0.3) is 0 Å². The van der Waals surface area contributed by atoms with Crippen LogP contribution in [0.15, 0.2) is 24.8 Å². The third-order valence-corrected chi connectivity index (χ3v) is 2.71. The average molecular weight is 166 g/mol. The number of allylic oxidation sites excluding steroid dienone is 3. The zero-order valence-electron chi connectivity index (χ0n) is 8.88. The summed E-state index contributed by atoms with van der Waals surface area (Å²) >= 11 is 0. The van der Waals surface area contributed by atoms with Gasteiger partial charge in [-0.05, 0) is 24.2 Å². The zero-order valence-corrected chi connectivity index (χ0v) is 8.88. The maximum Gasteiger partial charge on any atom is -0.0199 e. The predicted molar refractivity (Wildman–Crippen MR) is 57.1 cm³/mol. The molecular formula is C12H22. The van der Waals surface area contributed by atoms with E-state index in [-0.39, 0.29) is 0 Å². The fourth-order valence-corrected chi connectivity index (χ4v) is 1.56. The minimum atomic E-state index is 0.827. The molecule has 0 aromatic carbocycles. The highest BCUT2D eigenvalue weighted by molar-refractivity contribution is 5.05. The van der Waals surface area contributed by atoms with Crippen LogP contribution < -0.4 is 0 Å². The van der Waals surface area contributed by atoms with Gasteiger partial charge in [-0.25, -0.2) is 0 Å². The van der Waals surface area contributed by atoms with Gasteiger partial charge in [-0.1, -0.05) is 52.5 Å². The lowest BCUT2D eigenvalue weighted by atomic mass is 9.67. The Balaban J connectivity index is 0.000000561. The van der Waals surface area contributed by atoms with Gasteiger partial charge in [0.15, 0.2) is 0 Å². The van der Waals surface area contributed by atoms with Crippen molar-refractivity contribution in [3.05, 3.63) is 24.8 Å². The number of rotatable bonds is 2. The Bertz CT molecular complexity index is 144. The Morgan fingerprint density at radius 3 is 2.17 bits per heavy atom. The molecule has 3 atom stereocenters. The fraction of sp³-hybridized carbons (Fsp3) is 0.667. The van der Waals surface area contributed by atoms with Crippen molar-refractivity contribution in [2.24, 2.45) is 17.8 Å². The summed E-state index contributed by atoms with van der Waals surface area (Å²) in [6, 6.07) is 0. The van der Waals surface area contributed by atoms with Gasteiger partial charge in [-0.3, -0.25) is 0 Å². The van der Waals surface area contributed by atoms with Crippen molar-refractivity contribution in [1.82, 2.24) is 0 Å². The molecule has 1 fully saturated rings. The van der Waals surface area contributed by atoms with Crippen LogP contribution in [-0.4, -0.2) is 0 Å². The topological polar surface area (TPSA) is 0 Å². The molecule has 1 rings (SSSR count). The molecule has 0 aliphatic heterocycles. The lowest BCUT2D eigenvalue weighted by Gasteiger charge is -2.39. The minimum absolute atomic E-state index is 0.827. The first-order valence-electron chi connectivity index (χ1n) is 5.05. The maximum absolute atomic E-state index is 3.65. The van der Waals surface area contributed by atoms with Crippen LogP contribution in [-0.2, 0) is 0 Å². The molecule has 0 radical (unpaired) electrons. The Morgan fingerprint density at radius 2 is 1.83 bits per heavy atom. The zero-order chi connectivity index (χ0) is 9.56. The van der Waals surface area contributed by atoms with Gasteiger partial charge in [-0.2, -0.15) is 0 Å². The van der Waals surface area contributed by atoms with E-state index in [1.165, 1.54) is 6.42 Å². The minimum Gasteiger partial charge on any atom is -0.0991 e. The monoisotopic (exact) mass is 166 g/mol. The molecule has 0 heterocycles. The van der Waals surface area contributed by atoms with Crippen molar-refractivity contribution >= 4 is 0 Å². The molecule has 0 spiro atoms. The summed E-state index contributed by atoms with van der Waals surface area (Å²) in [4.78, 5) is 0. The van der Waals surface area contributed by atoms with E-state index >= 15 is 0 Å². The van der Waals surface area contributed by atoms with Crippen molar-refractivity contribution in [2.75, 3.05) is 0 Å². The summed E-state index contributed by atoms with van der Waals surface area (Å²) in [5.41, 5.74) is 0. The molecule has 0 bridgehead atoms. The highest BCUT2D eigenvalue weighted by Crippen LogP contribution is 2.40. The van der Waals surface area contributed by atoms with Gasteiger partial charge in [0.05, 0.1) is 0 Å². The van der Waals surface area contributed by atoms with Crippen LogP contribution in [0.25, 0.3) is 0 Å². The summed E-state index contributed by atoms with van der Waals surface area (Å²) in [5, 5.41) is 0. The van der Waals surface area contributed by atoms with Crippen LogP contribution in [0.5, 0.6) is 0 Å². The van der Waals surface area contributed by atoms with Crippen molar-refractivity contribution in [3.63, 3.8) is 0 Å². The quantitative estimate of drug-likeness (QED) is 0.543. The van der Waals surface area contributed by atoms with E-state index < -0.39 is 0 Å². The smallest absolute Gasteiger partial charge is 0.0199 e. The molecular weight excluding hydrogens is 144 g/mol. The SMILES string of the molecule is C=C/C=C\C1C[C@@H](C)[C@@H]1C.CC. The second-order valence-electron chi connectivity index (χ2n) is 3.36. The summed E-state index contributed by atoms with van der Waals surface area (Å²) < 4.78 is 0. The molecule has 70 valence electrons. The van der Waals surface area contributed by atoms with E-state index in [0.29, 0.717) is 0 Å². The second kappa shape index (κ2) is 6.05. The molecule has 0 amide bonds. The molecule has 0 saturated heterocycles. The van der Waals surface area contributed by atoms with E-state index in [9.17, 15) is 0 Å². The number of hydrogen-bond donors (Lipinski definition) is 0. The molecule has 1 saturated carbocycles. The van der Waals surface area contributed by atoms with Crippen LogP contribution >= 0.6 is 0 Å². The van der Waals surface area contributed by atoms with E-state index in [4.69, 9.17) is 0 Å². The van der Waals surface area contributed by atoms with Gasteiger partial charge in [-0.15, -0.1) is 0 Å². The second-order valence-corrected chi connectivity index (χ2v) is 3.36.